The number of fused-ring (bicyclic) bond motifs is 3. The fraction of sp³-hybridized carbons (Fsp3) is 0.107. The van der Waals surface area contributed by atoms with E-state index in [9.17, 15) is 31.5 Å². The summed E-state index contributed by atoms with van der Waals surface area (Å²) < 4.78 is 68.1. The molecule has 12 heteroatoms. The number of nitriles is 1. The van der Waals surface area contributed by atoms with E-state index in [1.165, 1.54) is 12.1 Å². The quantitative estimate of drug-likeness (QED) is 0.220. The average Bonchev–Trinajstić information content (AvgIpc) is 3.29. The molecule has 0 spiro atoms. The molecule has 0 bridgehead atoms. The van der Waals surface area contributed by atoms with Crippen LogP contribution in [0, 0.1) is 23.0 Å². The van der Waals surface area contributed by atoms with Crippen LogP contribution in [0.5, 0.6) is 0 Å². The summed E-state index contributed by atoms with van der Waals surface area (Å²) in [6.07, 6.45) is -4.95. The first kappa shape index (κ1) is 26.8. The molecule has 1 unspecified atom stereocenters. The number of carbonyl (C=O) groups excluding carboxylic acids is 2. The fourth-order valence-electron chi connectivity index (χ4n) is 4.60. The molecule has 4 aromatic rings. The normalized spacial score (nSPS) is 14.3. The standard InChI is InChI=1S/C28H14ClF5N4O2/c29-20-4-1-15(30)10-19(20)26-25-22(38-27(40)13-7-14(28(32,33)34)9-16(31)8-13)11-21-18(24(25)23(12-39)37-26)3-2-17(36-21)5-6-35/h1-4,7-11,26,37H,5H2,(H,38,40). The minimum Gasteiger partial charge on any atom is -0.364 e. The summed E-state index contributed by atoms with van der Waals surface area (Å²) in [5, 5.41) is 15.0. The van der Waals surface area contributed by atoms with Gasteiger partial charge in [-0.05, 0) is 48.5 Å². The average molecular weight is 569 g/mol. The van der Waals surface area contributed by atoms with Crippen molar-refractivity contribution in [1.82, 2.24) is 10.3 Å². The minimum absolute atomic E-state index is 0.0185. The van der Waals surface area contributed by atoms with Crippen molar-refractivity contribution in [2.24, 2.45) is 0 Å². The Bertz CT molecular complexity index is 1810. The molecular formula is C28H14ClF5N4O2. The summed E-state index contributed by atoms with van der Waals surface area (Å²) in [7, 11) is 0. The van der Waals surface area contributed by atoms with Gasteiger partial charge in [0.1, 0.15) is 17.3 Å². The van der Waals surface area contributed by atoms with Crippen molar-refractivity contribution < 1.29 is 31.5 Å². The second kappa shape index (κ2) is 10.1. The zero-order valence-corrected chi connectivity index (χ0v) is 20.7. The number of alkyl halides is 3. The van der Waals surface area contributed by atoms with E-state index in [0.29, 0.717) is 23.2 Å². The molecule has 6 nitrogen and oxygen atoms in total. The number of hydrogen-bond acceptors (Lipinski definition) is 5. The first-order valence-electron chi connectivity index (χ1n) is 11.5. The highest BCUT2D eigenvalue weighted by atomic mass is 35.5. The number of amides is 1. The summed E-state index contributed by atoms with van der Waals surface area (Å²) in [5.74, 6) is -1.22. The van der Waals surface area contributed by atoms with Crippen LogP contribution in [0.2, 0.25) is 5.02 Å². The lowest BCUT2D eigenvalue weighted by Gasteiger charge is -2.19. The van der Waals surface area contributed by atoms with Gasteiger partial charge in [0.2, 0.25) is 0 Å². The number of nitrogens with zero attached hydrogens (tertiary/aromatic N) is 2. The first-order valence-corrected chi connectivity index (χ1v) is 11.9. The Hall–Kier alpha value is -4.78. The Balaban J connectivity index is 1.74. The highest BCUT2D eigenvalue weighted by Crippen LogP contribution is 2.46. The maximum atomic E-state index is 14.2. The van der Waals surface area contributed by atoms with Crippen LogP contribution in [0.25, 0.3) is 16.6 Å². The van der Waals surface area contributed by atoms with E-state index >= 15 is 0 Å². The van der Waals surface area contributed by atoms with Crippen molar-refractivity contribution in [3.63, 3.8) is 0 Å². The molecule has 1 aromatic heterocycles. The van der Waals surface area contributed by atoms with E-state index in [-0.39, 0.29) is 51.1 Å². The Morgan fingerprint density at radius 3 is 2.55 bits per heavy atom. The van der Waals surface area contributed by atoms with Gasteiger partial charge in [-0.25, -0.2) is 13.6 Å². The number of anilines is 1. The van der Waals surface area contributed by atoms with E-state index in [1.807, 2.05) is 6.07 Å². The molecule has 1 atom stereocenters. The van der Waals surface area contributed by atoms with Gasteiger partial charge in [-0.15, -0.1) is 0 Å². The van der Waals surface area contributed by atoms with Crippen LogP contribution < -0.4 is 10.6 Å². The van der Waals surface area contributed by atoms with Crippen molar-refractivity contribution in [1.29, 1.82) is 5.26 Å². The summed E-state index contributed by atoms with van der Waals surface area (Å²) >= 11 is 6.35. The number of rotatable bonds is 4. The van der Waals surface area contributed by atoms with Crippen LogP contribution in [0.4, 0.5) is 27.6 Å². The van der Waals surface area contributed by atoms with Crippen molar-refractivity contribution >= 4 is 45.7 Å². The van der Waals surface area contributed by atoms with Gasteiger partial charge in [-0.2, -0.15) is 18.4 Å². The van der Waals surface area contributed by atoms with Gasteiger partial charge >= 0.3 is 6.18 Å². The third kappa shape index (κ3) is 4.86. The zero-order chi connectivity index (χ0) is 28.8. The lowest BCUT2D eigenvalue weighted by molar-refractivity contribution is -0.137. The van der Waals surface area contributed by atoms with Crippen LogP contribution in [0.15, 0.2) is 54.6 Å². The number of benzene rings is 3. The highest BCUT2D eigenvalue weighted by Gasteiger charge is 2.36. The lowest BCUT2D eigenvalue weighted by Crippen LogP contribution is -2.18. The molecule has 2 heterocycles. The number of halogens is 6. The first-order chi connectivity index (χ1) is 19.0. The Morgan fingerprint density at radius 1 is 1.07 bits per heavy atom. The van der Waals surface area contributed by atoms with E-state index < -0.39 is 40.9 Å². The maximum Gasteiger partial charge on any atom is 0.416 e. The van der Waals surface area contributed by atoms with Crippen LogP contribution in [-0.2, 0) is 17.4 Å². The van der Waals surface area contributed by atoms with Gasteiger partial charge in [0.15, 0.2) is 5.94 Å². The monoisotopic (exact) mass is 568 g/mol. The second-order valence-corrected chi connectivity index (χ2v) is 9.22. The summed E-state index contributed by atoms with van der Waals surface area (Å²) in [6.45, 7) is 0. The molecule has 200 valence electrons. The summed E-state index contributed by atoms with van der Waals surface area (Å²) in [4.78, 5) is 29.6. The third-order valence-electron chi connectivity index (χ3n) is 6.29. The molecule has 3 aromatic carbocycles. The van der Waals surface area contributed by atoms with Gasteiger partial charge in [-0.1, -0.05) is 17.7 Å². The van der Waals surface area contributed by atoms with E-state index in [0.717, 1.165) is 12.1 Å². The lowest BCUT2D eigenvalue weighted by atomic mass is 9.93. The predicted molar refractivity (Wildman–Crippen MR) is 136 cm³/mol. The summed E-state index contributed by atoms with van der Waals surface area (Å²) in [6, 6.07) is 10.5. The minimum atomic E-state index is -4.91. The van der Waals surface area contributed by atoms with Crippen LogP contribution in [-0.4, -0.2) is 16.8 Å². The number of hydrogen-bond donors (Lipinski definition) is 2. The highest BCUT2D eigenvalue weighted by molar-refractivity contribution is 6.31. The SMILES string of the molecule is N#CCc1ccc2c3c(c(NC(=O)c4cc(F)cc(C(F)(F)F)c4)cc2n1)C(c1cc(F)ccc1Cl)NC3=C=O. The number of aromatic nitrogens is 1. The molecule has 0 saturated heterocycles. The molecule has 0 radical (unpaired) electrons. The molecule has 1 amide bonds. The summed E-state index contributed by atoms with van der Waals surface area (Å²) in [5.41, 5.74) is -0.796. The molecule has 2 N–H and O–H groups in total. The van der Waals surface area contributed by atoms with Crippen LogP contribution in [0.1, 0.15) is 44.3 Å². The predicted octanol–water partition coefficient (Wildman–Crippen LogP) is 6.37. The van der Waals surface area contributed by atoms with Gasteiger partial charge in [0, 0.05) is 38.4 Å². The smallest absolute Gasteiger partial charge is 0.364 e. The van der Waals surface area contributed by atoms with Crippen molar-refractivity contribution in [2.75, 3.05) is 5.32 Å². The number of carbonyl (C=O) groups is 1. The van der Waals surface area contributed by atoms with Crippen LogP contribution in [0.3, 0.4) is 0 Å². The van der Waals surface area contributed by atoms with Gasteiger partial charge in [-0.3, -0.25) is 9.78 Å². The van der Waals surface area contributed by atoms with E-state index in [2.05, 4.69) is 15.6 Å². The second-order valence-electron chi connectivity index (χ2n) is 8.82. The van der Waals surface area contributed by atoms with Gasteiger partial charge < -0.3 is 10.6 Å². The van der Waals surface area contributed by atoms with E-state index in [1.54, 1.807) is 18.1 Å². The Morgan fingerprint density at radius 2 is 1.85 bits per heavy atom. The maximum absolute atomic E-state index is 14.2. The van der Waals surface area contributed by atoms with E-state index in [4.69, 9.17) is 16.9 Å². The van der Waals surface area contributed by atoms with Crippen LogP contribution >= 0.6 is 11.6 Å². The Kier molecular flexibility index (Phi) is 6.75. The van der Waals surface area contributed by atoms with Gasteiger partial charge in [0.05, 0.1) is 35.3 Å². The molecule has 1 aliphatic heterocycles. The van der Waals surface area contributed by atoms with Crippen molar-refractivity contribution in [3.8, 4) is 6.07 Å². The Labute approximate surface area is 227 Å². The molecule has 40 heavy (non-hydrogen) atoms. The van der Waals surface area contributed by atoms with Crippen molar-refractivity contribution in [2.45, 2.75) is 18.6 Å². The fourth-order valence-corrected chi connectivity index (χ4v) is 4.83. The zero-order valence-electron chi connectivity index (χ0n) is 20.0. The van der Waals surface area contributed by atoms with Crippen molar-refractivity contribution in [3.05, 3.63) is 105 Å². The molecule has 0 aliphatic carbocycles. The third-order valence-corrected chi connectivity index (χ3v) is 6.63. The molecular weight excluding hydrogens is 555 g/mol. The topological polar surface area (TPSA) is 94.9 Å². The molecule has 0 saturated carbocycles. The largest absolute Gasteiger partial charge is 0.416 e. The number of nitrogens with one attached hydrogen (secondary N) is 2. The van der Waals surface area contributed by atoms with Gasteiger partial charge in [0.25, 0.3) is 5.91 Å². The molecule has 0 fully saturated rings. The molecule has 5 rings (SSSR count). The number of pyridine rings is 1. The molecule has 1 aliphatic rings.